The van der Waals surface area contributed by atoms with Crippen LogP contribution < -0.4 is 0 Å². The van der Waals surface area contributed by atoms with Crippen molar-refractivity contribution < 1.29 is 19.8 Å². The molecule has 0 aliphatic heterocycles. The first-order valence-corrected chi connectivity index (χ1v) is 5.07. The maximum Gasteiger partial charge on any atom is 0.416 e. The molecule has 0 saturated heterocycles. The van der Waals surface area contributed by atoms with Crippen LogP contribution in [0.25, 0.3) is 10.9 Å². The van der Waals surface area contributed by atoms with Crippen LogP contribution in [0.3, 0.4) is 0 Å². The van der Waals surface area contributed by atoms with E-state index in [0.29, 0.717) is 15.4 Å². The van der Waals surface area contributed by atoms with Gasteiger partial charge in [0.2, 0.25) is 0 Å². The molecule has 2 rings (SSSR count). The second-order valence-electron chi connectivity index (χ2n) is 3.17. The minimum Gasteiger partial charge on any atom is -0.478 e. The van der Waals surface area contributed by atoms with E-state index >= 15 is 0 Å². The predicted molar refractivity (Wildman–Crippen MR) is 60.0 cm³/mol. The molecule has 0 atom stereocenters. The fourth-order valence-corrected chi connectivity index (χ4v) is 2.02. The highest BCUT2D eigenvalue weighted by molar-refractivity contribution is 9.10. The average molecular weight is 284 g/mol. The van der Waals surface area contributed by atoms with E-state index in [1.807, 2.05) is 0 Å². The van der Waals surface area contributed by atoms with Crippen LogP contribution in [0.1, 0.15) is 10.4 Å². The number of hydrogen-bond donors (Lipinski definition) is 2. The second kappa shape index (κ2) is 3.64. The van der Waals surface area contributed by atoms with Gasteiger partial charge in [-0.1, -0.05) is 6.07 Å². The Hall–Kier alpha value is -1.82. The van der Waals surface area contributed by atoms with Crippen molar-refractivity contribution >= 4 is 38.9 Å². The SMILES string of the molecule is O=C(O)c1ccc2c(Br)cn(C(=O)O)c2c1. The van der Waals surface area contributed by atoms with Crippen LogP contribution in [0, 0.1) is 0 Å². The molecule has 0 aliphatic carbocycles. The lowest BCUT2D eigenvalue weighted by atomic mass is 10.2. The van der Waals surface area contributed by atoms with E-state index in [-0.39, 0.29) is 5.56 Å². The summed E-state index contributed by atoms with van der Waals surface area (Å²) in [6, 6.07) is 4.33. The second-order valence-corrected chi connectivity index (χ2v) is 4.02. The molecule has 82 valence electrons. The summed E-state index contributed by atoms with van der Waals surface area (Å²) in [6.07, 6.45) is 0.233. The molecule has 0 radical (unpaired) electrons. The maximum absolute atomic E-state index is 10.9. The molecule has 1 aromatic carbocycles. The quantitative estimate of drug-likeness (QED) is 0.843. The van der Waals surface area contributed by atoms with Crippen molar-refractivity contribution in [1.82, 2.24) is 4.57 Å². The molecule has 5 nitrogen and oxygen atoms in total. The van der Waals surface area contributed by atoms with E-state index in [2.05, 4.69) is 15.9 Å². The van der Waals surface area contributed by atoms with Crippen molar-refractivity contribution in [2.24, 2.45) is 0 Å². The monoisotopic (exact) mass is 283 g/mol. The summed E-state index contributed by atoms with van der Waals surface area (Å²) in [5.41, 5.74) is 0.403. The molecule has 1 aromatic heterocycles. The van der Waals surface area contributed by atoms with Gasteiger partial charge in [0.05, 0.1) is 11.1 Å². The molecule has 6 heteroatoms. The molecule has 0 bridgehead atoms. The van der Waals surface area contributed by atoms with Crippen LogP contribution in [-0.2, 0) is 0 Å². The average Bonchev–Trinajstić information content (AvgIpc) is 2.56. The van der Waals surface area contributed by atoms with E-state index in [1.54, 1.807) is 6.07 Å². The van der Waals surface area contributed by atoms with Gasteiger partial charge in [0, 0.05) is 16.1 Å². The van der Waals surface area contributed by atoms with Gasteiger partial charge in [0.1, 0.15) is 0 Å². The number of carbonyl (C=O) groups is 2. The van der Waals surface area contributed by atoms with Gasteiger partial charge in [-0.3, -0.25) is 4.57 Å². The minimum atomic E-state index is -1.15. The summed E-state index contributed by atoms with van der Waals surface area (Å²) in [6.45, 7) is 0. The number of rotatable bonds is 1. The Morgan fingerprint density at radius 2 is 1.94 bits per heavy atom. The Kier molecular flexibility index (Phi) is 2.43. The van der Waals surface area contributed by atoms with Crippen molar-refractivity contribution in [2.45, 2.75) is 0 Å². The van der Waals surface area contributed by atoms with Gasteiger partial charge in [0.15, 0.2) is 0 Å². The van der Waals surface area contributed by atoms with Crippen LogP contribution in [0.15, 0.2) is 28.9 Å². The van der Waals surface area contributed by atoms with Gasteiger partial charge < -0.3 is 10.2 Å². The molecular weight excluding hydrogens is 278 g/mol. The van der Waals surface area contributed by atoms with Crippen molar-refractivity contribution in [2.75, 3.05) is 0 Å². The number of aromatic carboxylic acids is 1. The maximum atomic E-state index is 10.9. The van der Waals surface area contributed by atoms with E-state index in [4.69, 9.17) is 10.2 Å². The zero-order valence-corrected chi connectivity index (χ0v) is 9.43. The van der Waals surface area contributed by atoms with Gasteiger partial charge >= 0.3 is 12.1 Å². The highest BCUT2D eigenvalue weighted by Crippen LogP contribution is 2.27. The number of carboxylic acids is 1. The first-order valence-electron chi connectivity index (χ1n) is 4.28. The Morgan fingerprint density at radius 3 is 2.50 bits per heavy atom. The van der Waals surface area contributed by atoms with Gasteiger partial charge in [-0.2, -0.15) is 0 Å². The minimum absolute atomic E-state index is 0.0561. The lowest BCUT2D eigenvalue weighted by molar-refractivity contribution is 0.0697. The summed E-state index contributed by atoms with van der Waals surface area (Å²) < 4.78 is 1.59. The third kappa shape index (κ3) is 1.57. The molecular formula is C10H6BrNO4. The van der Waals surface area contributed by atoms with E-state index in [9.17, 15) is 9.59 Å². The lowest BCUT2D eigenvalue weighted by Gasteiger charge is -1.99. The van der Waals surface area contributed by atoms with Crippen LogP contribution in [0.4, 0.5) is 4.79 Å². The number of nitrogens with zero attached hydrogens (tertiary/aromatic N) is 1. The molecule has 2 aromatic rings. The van der Waals surface area contributed by atoms with Crippen LogP contribution in [0.5, 0.6) is 0 Å². The number of hydrogen-bond acceptors (Lipinski definition) is 2. The highest BCUT2D eigenvalue weighted by Gasteiger charge is 2.13. The largest absolute Gasteiger partial charge is 0.478 e. The standard InChI is InChI=1S/C10H6BrNO4/c11-7-4-12(10(15)16)8-3-5(9(13)14)1-2-6(7)8/h1-4H,(H,13,14)(H,15,16). The Labute approximate surface area is 98.0 Å². The molecule has 16 heavy (non-hydrogen) atoms. The smallest absolute Gasteiger partial charge is 0.416 e. The van der Waals surface area contributed by atoms with Crippen LogP contribution in [0.2, 0.25) is 0 Å². The number of aromatic nitrogens is 1. The zero-order chi connectivity index (χ0) is 11.9. The molecule has 0 spiro atoms. The Balaban J connectivity index is 2.79. The summed E-state index contributed by atoms with van der Waals surface area (Å²) in [4.78, 5) is 21.7. The summed E-state index contributed by atoms with van der Waals surface area (Å²) in [7, 11) is 0. The molecule has 0 amide bonds. The van der Waals surface area contributed by atoms with Crippen molar-refractivity contribution in [1.29, 1.82) is 0 Å². The molecule has 0 aliphatic rings. The topological polar surface area (TPSA) is 79.5 Å². The summed E-state index contributed by atoms with van der Waals surface area (Å²) in [5, 5.41) is 18.4. The molecule has 0 unspecified atom stereocenters. The van der Waals surface area contributed by atoms with E-state index < -0.39 is 12.1 Å². The molecule has 0 saturated carbocycles. The van der Waals surface area contributed by atoms with Gasteiger partial charge in [-0.05, 0) is 28.1 Å². The predicted octanol–water partition coefficient (Wildman–Crippen LogP) is 2.63. The zero-order valence-electron chi connectivity index (χ0n) is 7.85. The fourth-order valence-electron chi connectivity index (χ4n) is 1.48. The van der Waals surface area contributed by atoms with Gasteiger partial charge in [-0.15, -0.1) is 0 Å². The Bertz CT molecular complexity index is 602. The highest BCUT2D eigenvalue weighted by atomic mass is 79.9. The van der Waals surface area contributed by atoms with Crippen molar-refractivity contribution in [3.05, 3.63) is 34.4 Å². The van der Waals surface area contributed by atoms with Gasteiger partial charge in [-0.25, -0.2) is 9.59 Å². The van der Waals surface area contributed by atoms with Crippen LogP contribution >= 0.6 is 15.9 Å². The number of carboxylic acid groups (broad SMARTS) is 2. The van der Waals surface area contributed by atoms with Gasteiger partial charge in [0.25, 0.3) is 0 Å². The summed E-state index contributed by atoms with van der Waals surface area (Å²) in [5.74, 6) is -1.09. The van der Waals surface area contributed by atoms with Crippen molar-refractivity contribution in [3.63, 3.8) is 0 Å². The Morgan fingerprint density at radius 1 is 1.25 bits per heavy atom. The third-order valence-electron chi connectivity index (χ3n) is 2.21. The third-order valence-corrected chi connectivity index (χ3v) is 2.84. The number of halogens is 1. The fraction of sp³-hybridized carbons (Fsp3) is 0. The van der Waals surface area contributed by atoms with E-state index in [1.165, 1.54) is 18.3 Å². The number of fused-ring (bicyclic) bond motifs is 1. The number of benzene rings is 1. The summed E-state index contributed by atoms with van der Waals surface area (Å²) >= 11 is 3.22. The molecule has 2 N–H and O–H groups in total. The normalized spacial score (nSPS) is 10.6. The first kappa shape index (κ1) is 10.7. The molecule has 1 heterocycles. The van der Waals surface area contributed by atoms with E-state index in [0.717, 1.165) is 4.57 Å². The van der Waals surface area contributed by atoms with Crippen LogP contribution in [-0.4, -0.2) is 26.8 Å². The first-order chi connectivity index (χ1) is 7.50. The molecule has 0 fully saturated rings. The lowest BCUT2D eigenvalue weighted by Crippen LogP contribution is -2.06. The van der Waals surface area contributed by atoms with Crippen molar-refractivity contribution in [3.8, 4) is 0 Å².